The number of benzene rings is 1. The van der Waals surface area contributed by atoms with Crippen LogP contribution in [0.4, 0.5) is 24.9 Å². The number of aryl methyl sites for hydroxylation is 1. The summed E-state index contributed by atoms with van der Waals surface area (Å²) < 4.78 is 31.7. The van der Waals surface area contributed by atoms with Crippen LogP contribution in [-0.4, -0.2) is 59.3 Å². The van der Waals surface area contributed by atoms with Crippen molar-refractivity contribution < 1.29 is 27.9 Å². The van der Waals surface area contributed by atoms with Gasteiger partial charge in [-0.25, -0.2) is 9.78 Å². The average Bonchev–Trinajstić information content (AvgIpc) is 2.80. The van der Waals surface area contributed by atoms with Crippen LogP contribution in [0.15, 0.2) is 30.3 Å². The minimum absolute atomic E-state index is 0.176. The molecule has 2 aliphatic carbocycles. The third-order valence-electron chi connectivity index (χ3n) is 6.98. The molecule has 8 nitrogen and oxygen atoms in total. The second-order valence-corrected chi connectivity index (χ2v) is 10.4. The van der Waals surface area contributed by atoms with E-state index in [2.05, 4.69) is 20.6 Å². The van der Waals surface area contributed by atoms with Gasteiger partial charge in [-0.05, 0) is 63.1 Å². The lowest BCUT2D eigenvalue weighted by atomic mass is 9.63. The lowest BCUT2D eigenvalue weighted by molar-refractivity contribution is -0.192. The van der Waals surface area contributed by atoms with Crippen LogP contribution in [0.2, 0.25) is 5.02 Å². The van der Waals surface area contributed by atoms with E-state index in [-0.39, 0.29) is 17.4 Å². The van der Waals surface area contributed by atoms with Crippen molar-refractivity contribution >= 4 is 35.2 Å². The zero-order chi connectivity index (χ0) is 28.1. The molecule has 0 bridgehead atoms. The van der Waals surface area contributed by atoms with Gasteiger partial charge < -0.3 is 20.6 Å². The van der Waals surface area contributed by atoms with Crippen molar-refractivity contribution in [2.75, 3.05) is 24.3 Å². The van der Waals surface area contributed by atoms with Crippen molar-refractivity contribution in [2.24, 2.45) is 0 Å². The number of halogens is 4. The fourth-order valence-electron chi connectivity index (χ4n) is 4.68. The van der Waals surface area contributed by atoms with Gasteiger partial charge in [0, 0.05) is 43.0 Å². The maximum atomic E-state index is 13.2. The Morgan fingerprint density at radius 2 is 1.61 bits per heavy atom. The molecule has 12 heteroatoms. The van der Waals surface area contributed by atoms with Gasteiger partial charge in [-0.2, -0.15) is 18.2 Å². The summed E-state index contributed by atoms with van der Waals surface area (Å²) in [7, 11) is 3.97. The first-order valence-electron chi connectivity index (χ1n) is 12.5. The molecular formula is C26H33ClF3N5O3. The van der Waals surface area contributed by atoms with Gasteiger partial charge in [0.05, 0.1) is 5.41 Å². The standard InChI is InChI=1S/C24H32ClN5O.C2HF3O2/c1-16-15-21(30(2)3)29-23(26-16)28-20-11-9-19(10-12-20)27-22(31)24(13-4-14-24)17-5-7-18(25)8-6-17;3-2(4,5)1(6)7/h5-8,15,19-20H,4,9-14H2,1-3H3,(H,27,31)(H,26,28,29);(H,6,7). The van der Waals surface area contributed by atoms with Crippen molar-refractivity contribution in [3.8, 4) is 0 Å². The molecule has 38 heavy (non-hydrogen) atoms. The number of alkyl halides is 3. The van der Waals surface area contributed by atoms with Gasteiger partial charge in [-0.1, -0.05) is 30.2 Å². The zero-order valence-electron chi connectivity index (χ0n) is 21.6. The number of aromatic nitrogens is 2. The quantitative estimate of drug-likeness (QED) is 0.455. The molecule has 0 radical (unpaired) electrons. The molecule has 2 saturated carbocycles. The monoisotopic (exact) mass is 555 g/mol. The van der Waals surface area contributed by atoms with E-state index in [9.17, 15) is 18.0 Å². The van der Waals surface area contributed by atoms with Crippen LogP contribution in [0.3, 0.4) is 0 Å². The molecule has 0 aliphatic heterocycles. The molecule has 0 atom stereocenters. The number of carboxylic acid groups (broad SMARTS) is 1. The molecular weight excluding hydrogens is 523 g/mol. The van der Waals surface area contributed by atoms with Gasteiger partial charge in [0.15, 0.2) is 0 Å². The van der Waals surface area contributed by atoms with Crippen LogP contribution in [0.1, 0.15) is 56.2 Å². The third kappa shape index (κ3) is 7.49. The molecule has 1 amide bonds. The minimum Gasteiger partial charge on any atom is -0.475 e. The van der Waals surface area contributed by atoms with Crippen molar-refractivity contribution in [3.63, 3.8) is 0 Å². The predicted octanol–water partition coefficient (Wildman–Crippen LogP) is 5.10. The molecule has 0 saturated heterocycles. The average molecular weight is 556 g/mol. The number of carbonyl (C=O) groups excluding carboxylic acids is 1. The number of hydrogen-bond donors (Lipinski definition) is 3. The highest BCUT2D eigenvalue weighted by atomic mass is 35.5. The summed E-state index contributed by atoms with van der Waals surface area (Å²) in [6.45, 7) is 1.99. The molecule has 1 aromatic heterocycles. The highest BCUT2D eigenvalue weighted by molar-refractivity contribution is 6.30. The largest absolute Gasteiger partial charge is 0.490 e. The van der Waals surface area contributed by atoms with Crippen LogP contribution in [-0.2, 0) is 15.0 Å². The Hall–Kier alpha value is -3.08. The van der Waals surface area contributed by atoms with Gasteiger partial charge in [0.25, 0.3) is 0 Å². The third-order valence-corrected chi connectivity index (χ3v) is 7.23. The number of nitrogens with zero attached hydrogens (tertiary/aromatic N) is 3. The fourth-order valence-corrected chi connectivity index (χ4v) is 4.81. The normalized spacial score (nSPS) is 20.3. The number of rotatable bonds is 6. The molecule has 2 aromatic rings. The summed E-state index contributed by atoms with van der Waals surface area (Å²) in [6, 6.07) is 10.3. The molecule has 0 unspecified atom stereocenters. The Kier molecular flexibility index (Phi) is 9.45. The molecule has 2 fully saturated rings. The molecule has 1 heterocycles. The van der Waals surface area contributed by atoms with Gasteiger partial charge in [0.2, 0.25) is 11.9 Å². The van der Waals surface area contributed by atoms with Crippen molar-refractivity contribution in [1.29, 1.82) is 0 Å². The fraction of sp³-hybridized carbons (Fsp3) is 0.538. The Bertz CT molecular complexity index is 1120. The Labute approximate surface area is 225 Å². The van der Waals surface area contributed by atoms with Crippen LogP contribution < -0.4 is 15.5 Å². The van der Waals surface area contributed by atoms with E-state index in [1.54, 1.807) is 0 Å². The SMILES string of the molecule is Cc1cc(N(C)C)nc(NC2CCC(NC(=O)C3(c4ccc(Cl)cc4)CCC3)CC2)n1.O=C(O)C(F)(F)F. The smallest absolute Gasteiger partial charge is 0.475 e. The summed E-state index contributed by atoms with van der Waals surface area (Å²) in [6.07, 6.45) is 1.75. The Morgan fingerprint density at radius 1 is 1.05 bits per heavy atom. The summed E-state index contributed by atoms with van der Waals surface area (Å²) >= 11 is 6.04. The van der Waals surface area contributed by atoms with E-state index in [4.69, 9.17) is 21.5 Å². The van der Waals surface area contributed by atoms with Gasteiger partial charge in [0.1, 0.15) is 5.82 Å². The Balaban J connectivity index is 0.000000505. The highest BCUT2D eigenvalue weighted by Gasteiger charge is 2.46. The first-order valence-corrected chi connectivity index (χ1v) is 12.8. The molecule has 0 spiro atoms. The second-order valence-electron chi connectivity index (χ2n) is 10.00. The van der Waals surface area contributed by atoms with E-state index in [0.29, 0.717) is 17.0 Å². The lowest BCUT2D eigenvalue weighted by Gasteiger charge is -2.42. The van der Waals surface area contributed by atoms with Crippen LogP contribution in [0.25, 0.3) is 0 Å². The van der Waals surface area contributed by atoms with Crippen molar-refractivity contribution in [3.05, 3.63) is 46.6 Å². The number of aliphatic carboxylic acids is 1. The number of carboxylic acids is 1. The summed E-state index contributed by atoms with van der Waals surface area (Å²) in [4.78, 5) is 33.3. The van der Waals surface area contributed by atoms with E-state index in [1.807, 2.05) is 56.3 Å². The predicted molar refractivity (Wildman–Crippen MR) is 140 cm³/mol. The number of hydrogen-bond acceptors (Lipinski definition) is 6. The van der Waals surface area contributed by atoms with Crippen molar-refractivity contribution in [2.45, 2.75) is 75.5 Å². The molecule has 1 aromatic carbocycles. The van der Waals surface area contributed by atoms with E-state index >= 15 is 0 Å². The van der Waals surface area contributed by atoms with Crippen LogP contribution >= 0.6 is 11.6 Å². The highest BCUT2D eigenvalue weighted by Crippen LogP contribution is 2.44. The number of anilines is 2. The molecule has 3 N–H and O–H groups in total. The topological polar surface area (TPSA) is 107 Å². The second kappa shape index (κ2) is 12.2. The maximum Gasteiger partial charge on any atom is 0.490 e. The van der Waals surface area contributed by atoms with Crippen LogP contribution in [0.5, 0.6) is 0 Å². The summed E-state index contributed by atoms with van der Waals surface area (Å²) in [5.74, 6) is -0.987. The van der Waals surface area contributed by atoms with E-state index in [1.165, 1.54) is 0 Å². The summed E-state index contributed by atoms with van der Waals surface area (Å²) in [5, 5.41) is 14.7. The van der Waals surface area contributed by atoms with Gasteiger partial charge in [-0.15, -0.1) is 0 Å². The van der Waals surface area contributed by atoms with E-state index < -0.39 is 12.1 Å². The Morgan fingerprint density at radius 3 is 2.08 bits per heavy atom. The minimum atomic E-state index is -5.08. The maximum absolute atomic E-state index is 13.2. The molecule has 208 valence electrons. The van der Waals surface area contributed by atoms with Gasteiger partial charge >= 0.3 is 12.1 Å². The number of amides is 1. The lowest BCUT2D eigenvalue weighted by Crippen LogP contribution is -2.53. The van der Waals surface area contributed by atoms with E-state index in [0.717, 1.165) is 62.0 Å². The van der Waals surface area contributed by atoms with Crippen molar-refractivity contribution in [1.82, 2.24) is 15.3 Å². The first kappa shape index (κ1) is 29.5. The van der Waals surface area contributed by atoms with Crippen LogP contribution in [0, 0.1) is 6.92 Å². The zero-order valence-corrected chi connectivity index (χ0v) is 22.4. The summed E-state index contributed by atoms with van der Waals surface area (Å²) in [5.41, 5.74) is 1.66. The number of carbonyl (C=O) groups is 2. The molecule has 2 aliphatic rings. The van der Waals surface area contributed by atoms with Gasteiger partial charge in [-0.3, -0.25) is 4.79 Å². The first-order chi connectivity index (χ1) is 17.8. The number of nitrogens with one attached hydrogen (secondary N) is 2. The molecule has 4 rings (SSSR count).